The number of likely N-dealkylation sites (N-methyl/N-ethyl adjacent to an activating group) is 1. The molecule has 0 saturated carbocycles. The number of rotatable bonds is 5. The zero-order valence-corrected chi connectivity index (χ0v) is 12.8. The molecule has 2 rings (SSSR count). The molecule has 0 atom stereocenters. The second-order valence-corrected chi connectivity index (χ2v) is 5.29. The zero-order chi connectivity index (χ0) is 15.4. The molecule has 0 bridgehead atoms. The van der Waals surface area contributed by atoms with Crippen LogP contribution in [-0.2, 0) is 6.54 Å². The van der Waals surface area contributed by atoms with Gasteiger partial charge in [-0.1, -0.05) is 18.2 Å². The predicted octanol–water partition coefficient (Wildman–Crippen LogP) is 1.30. The molecule has 112 valence electrons. The van der Waals surface area contributed by atoms with Crippen LogP contribution in [0.25, 0.3) is 0 Å². The van der Waals surface area contributed by atoms with Crippen molar-refractivity contribution in [3.63, 3.8) is 0 Å². The van der Waals surface area contributed by atoms with Crippen molar-refractivity contribution in [2.45, 2.75) is 20.4 Å². The first-order valence-electron chi connectivity index (χ1n) is 7.06. The van der Waals surface area contributed by atoms with Crippen LogP contribution in [0.15, 0.2) is 35.3 Å². The molecular formula is C16H22N4O. The number of aromatic nitrogens is 2. The maximum atomic E-state index is 12.2. The Balaban J connectivity index is 2.28. The van der Waals surface area contributed by atoms with Crippen molar-refractivity contribution in [2.24, 2.45) is 5.73 Å². The van der Waals surface area contributed by atoms with Crippen LogP contribution in [0.1, 0.15) is 16.7 Å². The highest BCUT2D eigenvalue weighted by molar-refractivity contribution is 5.42. The van der Waals surface area contributed by atoms with Crippen molar-refractivity contribution >= 4 is 5.69 Å². The molecule has 21 heavy (non-hydrogen) atoms. The summed E-state index contributed by atoms with van der Waals surface area (Å²) in [4.78, 5) is 14.1. The van der Waals surface area contributed by atoms with E-state index in [0.29, 0.717) is 19.6 Å². The molecule has 2 aromatic rings. The van der Waals surface area contributed by atoms with Gasteiger partial charge in [0, 0.05) is 26.2 Å². The Morgan fingerprint density at radius 2 is 1.95 bits per heavy atom. The minimum absolute atomic E-state index is 0.0981. The first kappa shape index (κ1) is 15.3. The lowest BCUT2D eigenvalue weighted by Crippen LogP contribution is -2.29. The van der Waals surface area contributed by atoms with Gasteiger partial charge in [0.1, 0.15) is 0 Å². The van der Waals surface area contributed by atoms with Gasteiger partial charge in [-0.25, -0.2) is 4.68 Å². The third-order valence-electron chi connectivity index (χ3n) is 3.71. The van der Waals surface area contributed by atoms with Crippen LogP contribution < -0.4 is 16.2 Å². The van der Waals surface area contributed by atoms with Gasteiger partial charge < -0.3 is 10.6 Å². The standard InChI is InChI=1S/C16H22N4O/c1-12-5-4-6-13(2)15(12)11-20-16(21)9-14(10-18-20)19(3)8-7-17/h4-6,9-10H,7-8,11,17H2,1-3H3. The zero-order valence-electron chi connectivity index (χ0n) is 12.8. The van der Waals surface area contributed by atoms with Crippen LogP contribution in [0.5, 0.6) is 0 Å². The van der Waals surface area contributed by atoms with Crippen molar-refractivity contribution in [3.8, 4) is 0 Å². The Bertz CT molecular complexity index is 658. The SMILES string of the molecule is Cc1cccc(C)c1Cn1ncc(N(C)CCN)cc1=O. The van der Waals surface area contributed by atoms with Crippen LogP contribution in [-0.4, -0.2) is 29.9 Å². The number of nitrogens with two attached hydrogens (primary N) is 1. The number of benzene rings is 1. The smallest absolute Gasteiger partial charge is 0.269 e. The fraction of sp³-hybridized carbons (Fsp3) is 0.375. The van der Waals surface area contributed by atoms with Crippen molar-refractivity contribution in [3.05, 3.63) is 57.5 Å². The van der Waals surface area contributed by atoms with E-state index in [-0.39, 0.29) is 5.56 Å². The number of nitrogens with zero attached hydrogens (tertiary/aromatic N) is 3. The summed E-state index contributed by atoms with van der Waals surface area (Å²) in [5.41, 5.74) is 9.72. The normalized spacial score (nSPS) is 10.7. The van der Waals surface area contributed by atoms with Gasteiger partial charge in [-0.2, -0.15) is 5.10 Å². The second-order valence-electron chi connectivity index (χ2n) is 5.29. The topological polar surface area (TPSA) is 64.2 Å². The lowest BCUT2D eigenvalue weighted by Gasteiger charge is -2.18. The van der Waals surface area contributed by atoms with E-state index in [9.17, 15) is 4.79 Å². The minimum Gasteiger partial charge on any atom is -0.372 e. The lowest BCUT2D eigenvalue weighted by atomic mass is 10.0. The summed E-state index contributed by atoms with van der Waals surface area (Å²) in [7, 11) is 1.90. The molecular weight excluding hydrogens is 264 g/mol. The fourth-order valence-electron chi connectivity index (χ4n) is 2.32. The minimum atomic E-state index is -0.0981. The molecule has 5 nitrogen and oxygen atoms in total. The van der Waals surface area contributed by atoms with Crippen LogP contribution in [0.2, 0.25) is 0 Å². The van der Waals surface area contributed by atoms with E-state index in [1.54, 1.807) is 12.3 Å². The highest BCUT2D eigenvalue weighted by Crippen LogP contribution is 2.14. The van der Waals surface area contributed by atoms with E-state index in [1.165, 1.54) is 15.8 Å². The van der Waals surface area contributed by atoms with Crippen molar-refractivity contribution < 1.29 is 0 Å². The van der Waals surface area contributed by atoms with E-state index in [1.807, 2.05) is 18.0 Å². The summed E-state index contributed by atoms with van der Waals surface area (Å²) in [5.74, 6) is 0. The lowest BCUT2D eigenvalue weighted by molar-refractivity contribution is 0.633. The molecule has 0 unspecified atom stereocenters. The maximum absolute atomic E-state index is 12.2. The largest absolute Gasteiger partial charge is 0.372 e. The van der Waals surface area contributed by atoms with Gasteiger partial charge in [-0.05, 0) is 30.5 Å². The molecule has 1 aromatic heterocycles. The first-order valence-corrected chi connectivity index (χ1v) is 7.06. The molecule has 1 heterocycles. The Labute approximate surface area is 125 Å². The van der Waals surface area contributed by atoms with Crippen LogP contribution >= 0.6 is 0 Å². The highest BCUT2D eigenvalue weighted by Gasteiger charge is 2.07. The summed E-state index contributed by atoms with van der Waals surface area (Å²) in [6.07, 6.45) is 1.71. The summed E-state index contributed by atoms with van der Waals surface area (Å²) < 4.78 is 1.50. The van der Waals surface area contributed by atoms with Crippen molar-refractivity contribution in [1.29, 1.82) is 0 Å². The van der Waals surface area contributed by atoms with Crippen molar-refractivity contribution in [1.82, 2.24) is 9.78 Å². The molecule has 0 fully saturated rings. The van der Waals surface area contributed by atoms with E-state index >= 15 is 0 Å². The van der Waals surface area contributed by atoms with Gasteiger partial charge in [0.15, 0.2) is 0 Å². The van der Waals surface area contributed by atoms with Crippen LogP contribution in [0.4, 0.5) is 5.69 Å². The average molecular weight is 286 g/mol. The average Bonchev–Trinajstić information content (AvgIpc) is 2.44. The van der Waals surface area contributed by atoms with Gasteiger partial charge in [-0.15, -0.1) is 0 Å². The predicted molar refractivity (Wildman–Crippen MR) is 85.8 cm³/mol. The van der Waals surface area contributed by atoms with Gasteiger partial charge in [-0.3, -0.25) is 4.79 Å². The third-order valence-corrected chi connectivity index (χ3v) is 3.71. The first-order chi connectivity index (χ1) is 10.0. The van der Waals surface area contributed by atoms with E-state index in [4.69, 9.17) is 5.73 Å². The molecule has 0 radical (unpaired) electrons. The monoisotopic (exact) mass is 286 g/mol. The number of aryl methyl sites for hydroxylation is 2. The summed E-state index contributed by atoms with van der Waals surface area (Å²) in [6, 6.07) is 7.74. The molecule has 0 spiro atoms. The molecule has 0 amide bonds. The Morgan fingerprint density at radius 3 is 2.52 bits per heavy atom. The Hall–Kier alpha value is -2.14. The van der Waals surface area contributed by atoms with Gasteiger partial charge in [0.2, 0.25) is 0 Å². The van der Waals surface area contributed by atoms with Crippen LogP contribution in [0.3, 0.4) is 0 Å². The maximum Gasteiger partial charge on any atom is 0.269 e. The highest BCUT2D eigenvalue weighted by atomic mass is 16.1. The summed E-state index contributed by atoms with van der Waals surface area (Å²) >= 11 is 0. The molecule has 0 aliphatic rings. The fourth-order valence-corrected chi connectivity index (χ4v) is 2.32. The number of hydrogen-bond acceptors (Lipinski definition) is 4. The number of anilines is 1. The molecule has 5 heteroatoms. The molecule has 0 aliphatic heterocycles. The molecule has 1 aromatic carbocycles. The van der Waals surface area contributed by atoms with E-state index in [0.717, 1.165) is 11.3 Å². The van der Waals surface area contributed by atoms with Gasteiger partial charge in [0.25, 0.3) is 5.56 Å². The molecule has 0 aliphatic carbocycles. The quantitative estimate of drug-likeness (QED) is 0.900. The van der Waals surface area contributed by atoms with Gasteiger partial charge in [0.05, 0.1) is 18.4 Å². The van der Waals surface area contributed by atoms with E-state index < -0.39 is 0 Å². The van der Waals surface area contributed by atoms with Crippen LogP contribution in [0, 0.1) is 13.8 Å². The molecule has 0 saturated heterocycles. The van der Waals surface area contributed by atoms with E-state index in [2.05, 4.69) is 31.1 Å². The van der Waals surface area contributed by atoms with Crippen molar-refractivity contribution in [2.75, 3.05) is 25.0 Å². The van der Waals surface area contributed by atoms with Gasteiger partial charge >= 0.3 is 0 Å². The molecule has 2 N–H and O–H groups in total. The Morgan fingerprint density at radius 1 is 1.29 bits per heavy atom. The third kappa shape index (κ3) is 3.49. The number of hydrogen-bond donors (Lipinski definition) is 1. The summed E-state index contributed by atoms with van der Waals surface area (Å²) in [6.45, 7) is 5.84. The Kier molecular flexibility index (Phi) is 4.75. The second kappa shape index (κ2) is 6.54. The summed E-state index contributed by atoms with van der Waals surface area (Å²) in [5, 5.41) is 4.28.